The van der Waals surface area contributed by atoms with Gasteiger partial charge in [-0.3, -0.25) is 0 Å². The zero-order valence-electron chi connectivity index (χ0n) is 9.76. The summed E-state index contributed by atoms with van der Waals surface area (Å²) in [6, 6.07) is 4.92. The lowest BCUT2D eigenvalue weighted by Crippen LogP contribution is -2.35. The highest BCUT2D eigenvalue weighted by Crippen LogP contribution is 2.23. The van der Waals surface area contributed by atoms with Crippen molar-refractivity contribution in [3.8, 4) is 11.5 Å². The largest absolute Gasteiger partial charge is 0.508 e. The standard InChI is InChI=1S/C13H19NO3/c15-11-3-1-2-10(6-11)14-8-9-4-5-12(16)7-13(9)17/h4-5,7,10-11,14-17H,1-3,6,8H2. The SMILES string of the molecule is Oc1ccc(CNC2CCCC(O)C2)c(O)c1. The van der Waals surface area contributed by atoms with Gasteiger partial charge in [0.25, 0.3) is 0 Å². The van der Waals surface area contributed by atoms with E-state index in [2.05, 4.69) is 5.32 Å². The Balaban J connectivity index is 1.88. The Bertz CT molecular complexity index is 381. The summed E-state index contributed by atoms with van der Waals surface area (Å²) in [6.45, 7) is 0.559. The number of aromatic hydroxyl groups is 2. The molecule has 0 spiro atoms. The lowest BCUT2D eigenvalue weighted by Gasteiger charge is -2.26. The highest BCUT2D eigenvalue weighted by Gasteiger charge is 2.19. The van der Waals surface area contributed by atoms with Gasteiger partial charge in [0.15, 0.2) is 0 Å². The second kappa shape index (κ2) is 5.38. The third-order valence-electron chi connectivity index (χ3n) is 3.30. The van der Waals surface area contributed by atoms with Crippen molar-refractivity contribution in [2.75, 3.05) is 0 Å². The maximum Gasteiger partial charge on any atom is 0.123 e. The molecule has 0 saturated heterocycles. The fraction of sp³-hybridized carbons (Fsp3) is 0.538. The van der Waals surface area contributed by atoms with Crippen LogP contribution in [0.4, 0.5) is 0 Å². The van der Waals surface area contributed by atoms with E-state index in [0.717, 1.165) is 31.2 Å². The molecule has 1 aliphatic carbocycles. The molecule has 4 heteroatoms. The normalized spacial score (nSPS) is 24.8. The molecule has 2 rings (SSSR count). The summed E-state index contributed by atoms with van der Waals surface area (Å²) in [7, 11) is 0. The van der Waals surface area contributed by atoms with Crippen LogP contribution in [-0.2, 0) is 6.54 Å². The van der Waals surface area contributed by atoms with Gasteiger partial charge in [-0.2, -0.15) is 0 Å². The smallest absolute Gasteiger partial charge is 0.123 e. The van der Waals surface area contributed by atoms with Gasteiger partial charge in [0.1, 0.15) is 11.5 Å². The average molecular weight is 237 g/mol. The lowest BCUT2D eigenvalue weighted by molar-refractivity contribution is 0.111. The van der Waals surface area contributed by atoms with E-state index in [1.165, 1.54) is 6.07 Å². The van der Waals surface area contributed by atoms with Crippen LogP contribution >= 0.6 is 0 Å². The van der Waals surface area contributed by atoms with Gasteiger partial charge in [-0.15, -0.1) is 0 Å². The van der Waals surface area contributed by atoms with Gasteiger partial charge in [0, 0.05) is 24.2 Å². The average Bonchev–Trinajstić information content (AvgIpc) is 2.28. The second-order valence-corrected chi connectivity index (χ2v) is 4.71. The summed E-state index contributed by atoms with van der Waals surface area (Å²) in [4.78, 5) is 0. The Morgan fingerprint density at radius 3 is 2.76 bits per heavy atom. The number of aliphatic hydroxyl groups excluding tert-OH is 1. The molecule has 1 aromatic rings. The van der Waals surface area contributed by atoms with Crippen molar-refractivity contribution in [3.63, 3.8) is 0 Å². The van der Waals surface area contributed by atoms with Gasteiger partial charge in [-0.25, -0.2) is 0 Å². The summed E-state index contributed by atoms with van der Waals surface area (Å²) >= 11 is 0. The van der Waals surface area contributed by atoms with E-state index in [1.807, 2.05) is 0 Å². The van der Waals surface area contributed by atoms with E-state index in [4.69, 9.17) is 0 Å². The van der Waals surface area contributed by atoms with Crippen LogP contribution in [0.15, 0.2) is 18.2 Å². The van der Waals surface area contributed by atoms with E-state index in [1.54, 1.807) is 12.1 Å². The third-order valence-corrected chi connectivity index (χ3v) is 3.30. The number of rotatable bonds is 3. The van der Waals surface area contributed by atoms with Crippen molar-refractivity contribution >= 4 is 0 Å². The van der Waals surface area contributed by atoms with Gasteiger partial charge in [0.05, 0.1) is 6.10 Å². The van der Waals surface area contributed by atoms with Crippen molar-refractivity contribution < 1.29 is 15.3 Å². The van der Waals surface area contributed by atoms with Crippen LogP contribution in [0.1, 0.15) is 31.2 Å². The summed E-state index contributed by atoms with van der Waals surface area (Å²) in [6.07, 6.45) is 3.58. The Morgan fingerprint density at radius 2 is 2.06 bits per heavy atom. The maximum atomic E-state index is 9.62. The molecule has 0 aliphatic heterocycles. The van der Waals surface area contributed by atoms with Gasteiger partial charge in [-0.05, 0) is 31.7 Å². The molecule has 2 unspecified atom stereocenters. The number of benzene rings is 1. The van der Waals surface area contributed by atoms with E-state index >= 15 is 0 Å². The topological polar surface area (TPSA) is 72.7 Å². The molecule has 17 heavy (non-hydrogen) atoms. The minimum absolute atomic E-state index is 0.0688. The van der Waals surface area contributed by atoms with Crippen LogP contribution in [-0.4, -0.2) is 27.5 Å². The fourth-order valence-electron chi connectivity index (χ4n) is 2.31. The quantitative estimate of drug-likeness (QED) is 0.642. The molecule has 0 radical (unpaired) electrons. The van der Waals surface area contributed by atoms with Crippen molar-refractivity contribution in [1.29, 1.82) is 0 Å². The summed E-state index contributed by atoms with van der Waals surface area (Å²) in [5, 5.41) is 31.7. The van der Waals surface area contributed by atoms with Crippen LogP contribution < -0.4 is 5.32 Å². The van der Waals surface area contributed by atoms with Crippen molar-refractivity contribution in [1.82, 2.24) is 5.32 Å². The molecule has 0 bridgehead atoms. The van der Waals surface area contributed by atoms with Crippen molar-refractivity contribution in [2.45, 2.75) is 44.4 Å². The predicted octanol–water partition coefficient (Wildman–Crippen LogP) is 1.49. The lowest BCUT2D eigenvalue weighted by atomic mass is 9.93. The van der Waals surface area contributed by atoms with Gasteiger partial charge in [-0.1, -0.05) is 6.07 Å². The fourth-order valence-corrected chi connectivity index (χ4v) is 2.31. The number of nitrogens with one attached hydrogen (secondary N) is 1. The third kappa shape index (κ3) is 3.35. The van der Waals surface area contributed by atoms with Crippen molar-refractivity contribution in [3.05, 3.63) is 23.8 Å². The minimum Gasteiger partial charge on any atom is -0.508 e. The molecule has 0 aromatic heterocycles. The molecular weight excluding hydrogens is 218 g/mol. The van der Waals surface area contributed by atoms with E-state index < -0.39 is 0 Å². The first-order valence-corrected chi connectivity index (χ1v) is 6.07. The van der Waals surface area contributed by atoms with Crippen LogP contribution in [0.3, 0.4) is 0 Å². The van der Waals surface area contributed by atoms with Crippen LogP contribution in [0.2, 0.25) is 0 Å². The highest BCUT2D eigenvalue weighted by atomic mass is 16.3. The van der Waals surface area contributed by atoms with Crippen LogP contribution in [0.5, 0.6) is 11.5 Å². The molecule has 0 heterocycles. The number of hydrogen-bond donors (Lipinski definition) is 4. The molecule has 1 aromatic carbocycles. The molecular formula is C13H19NO3. The van der Waals surface area contributed by atoms with E-state index in [0.29, 0.717) is 12.6 Å². The van der Waals surface area contributed by atoms with E-state index in [9.17, 15) is 15.3 Å². The summed E-state index contributed by atoms with van der Waals surface area (Å²) in [5.41, 5.74) is 0.767. The molecule has 4 nitrogen and oxygen atoms in total. The number of phenolic OH excluding ortho intramolecular Hbond substituents is 2. The minimum atomic E-state index is -0.199. The highest BCUT2D eigenvalue weighted by molar-refractivity contribution is 5.38. The van der Waals surface area contributed by atoms with E-state index in [-0.39, 0.29) is 17.6 Å². The van der Waals surface area contributed by atoms with Gasteiger partial charge >= 0.3 is 0 Å². The Labute approximate surface area is 101 Å². The zero-order valence-corrected chi connectivity index (χ0v) is 9.76. The molecule has 94 valence electrons. The first-order valence-electron chi connectivity index (χ1n) is 6.07. The second-order valence-electron chi connectivity index (χ2n) is 4.71. The zero-order chi connectivity index (χ0) is 12.3. The summed E-state index contributed by atoms with van der Waals surface area (Å²) in [5.74, 6) is 0.174. The van der Waals surface area contributed by atoms with Gasteiger partial charge in [0.2, 0.25) is 0 Å². The van der Waals surface area contributed by atoms with Crippen LogP contribution in [0.25, 0.3) is 0 Å². The maximum absolute atomic E-state index is 9.62. The number of phenols is 2. The Morgan fingerprint density at radius 1 is 1.24 bits per heavy atom. The first kappa shape index (κ1) is 12.2. The first-order chi connectivity index (χ1) is 8.15. The molecule has 0 amide bonds. The number of hydrogen-bond acceptors (Lipinski definition) is 4. The molecule has 4 N–H and O–H groups in total. The van der Waals surface area contributed by atoms with Crippen molar-refractivity contribution in [2.24, 2.45) is 0 Å². The Kier molecular flexibility index (Phi) is 3.86. The summed E-state index contributed by atoms with van der Waals surface area (Å²) < 4.78 is 0. The van der Waals surface area contributed by atoms with Crippen LogP contribution in [0, 0.1) is 0 Å². The molecule has 1 saturated carbocycles. The molecule has 2 atom stereocenters. The molecule has 1 aliphatic rings. The predicted molar refractivity (Wildman–Crippen MR) is 64.9 cm³/mol. The Hall–Kier alpha value is -1.26. The number of aliphatic hydroxyl groups is 1. The monoisotopic (exact) mass is 237 g/mol. The molecule has 1 fully saturated rings. The van der Waals surface area contributed by atoms with Gasteiger partial charge < -0.3 is 20.6 Å².